The molecule has 0 fully saturated rings. The molecule has 36 heavy (non-hydrogen) atoms. The molecule has 2 amide bonds. The first-order valence-corrected chi connectivity index (χ1v) is 14.0. The molecule has 1 atom stereocenters. The predicted molar refractivity (Wildman–Crippen MR) is 151 cm³/mol. The van der Waals surface area contributed by atoms with E-state index in [9.17, 15) is 9.59 Å². The highest BCUT2D eigenvalue weighted by Crippen LogP contribution is 2.20. The van der Waals surface area contributed by atoms with E-state index in [1.165, 1.54) is 0 Å². The van der Waals surface area contributed by atoms with Gasteiger partial charge in [0, 0.05) is 29.7 Å². The zero-order chi connectivity index (χ0) is 25.8. The van der Waals surface area contributed by atoms with Crippen LogP contribution in [0.1, 0.15) is 30.0 Å². The number of thioether (sulfide) groups is 1. The summed E-state index contributed by atoms with van der Waals surface area (Å²) >= 11 is 5.03. The molecule has 0 radical (unpaired) electrons. The third-order valence-corrected chi connectivity index (χ3v) is 7.26. The number of carbonyl (C=O) groups excluding carboxylic acids is 2. The zero-order valence-electron chi connectivity index (χ0n) is 20.8. The van der Waals surface area contributed by atoms with E-state index in [0.29, 0.717) is 25.3 Å². The molecule has 0 heterocycles. The summed E-state index contributed by atoms with van der Waals surface area (Å²) in [7, 11) is 1.64. The number of nitrogens with zero attached hydrogens (tertiary/aromatic N) is 1. The van der Waals surface area contributed by atoms with Crippen molar-refractivity contribution in [2.45, 2.75) is 38.1 Å². The van der Waals surface area contributed by atoms with Crippen molar-refractivity contribution in [2.75, 3.05) is 19.4 Å². The van der Waals surface area contributed by atoms with Crippen molar-refractivity contribution in [2.24, 2.45) is 0 Å². The summed E-state index contributed by atoms with van der Waals surface area (Å²) < 4.78 is 6.20. The van der Waals surface area contributed by atoms with Crippen LogP contribution >= 0.6 is 27.7 Å². The maximum Gasteiger partial charge on any atom is 0.243 e. The summed E-state index contributed by atoms with van der Waals surface area (Å²) in [5.74, 6) is 1.62. The number of nitrogens with one attached hydrogen (secondary N) is 1. The van der Waals surface area contributed by atoms with E-state index >= 15 is 0 Å². The number of amides is 2. The lowest BCUT2D eigenvalue weighted by molar-refractivity contribution is -0.139. The highest BCUT2D eigenvalue weighted by Gasteiger charge is 2.30. The molecule has 0 spiro atoms. The number of hydrogen-bond donors (Lipinski definition) is 1. The number of carbonyl (C=O) groups is 2. The fourth-order valence-corrected chi connectivity index (χ4v) is 4.90. The van der Waals surface area contributed by atoms with E-state index in [2.05, 4.69) is 21.2 Å². The molecule has 0 bridgehead atoms. The second kappa shape index (κ2) is 14.7. The Bertz CT molecular complexity index is 1090. The number of rotatable bonds is 13. The second-order valence-corrected chi connectivity index (χ2v) is 10.4. The van der Waals surface area contributed by atoms with Gasteiger partial charge in [-0.3, -0.25) is 9.59 Å². The summed E-state index contributed by atoms with van der Waals surface area (Å²) in [6, 6.07) is 25.0. The van der Waals surface area contributed by atoms with Crippen LogP contribution in [-0.2, 0) is 28.3 Å². The predicted octanol–water partition coefficient (Wildman–Crippen LogP) is 5.86. The molecule has 0 aliphatic rings. The molecule has 1 N–H and O–H groups in total. The Morgan fingerprint density at radius 1 is 0.944 bits per heavy atom. The SMILES string of the molecule is CCCNC(=O)[C@@H](Cc1ccccc1)N(Cc1ccc(Br)cc1)C(=O)CSCc1ccc(OC)cc1. The van der Waals surface area contributed by atoms with Crippen molar-refractivity contribution in [3.8, 4) is 5.75 Å². The summed E-state index contributed by atoms with van der Waals surface area (Å²) in [6.45, 7) is 2.97. The Kier molecular flexibility index (Phi) is 11.4. The minimum absolute atomic E-state index is 0.0518. The smallest absolute Gasteiger partial charge is 0.243 e. The third kappa shape index (κ3) is 8.71. The highest BCUT2D eigenvalue weighted by molar-refractivity contribution is 9.10. The Morgan fingerprint density at radius 2 is 1.61 bits per heavy atom. The van der Waals surface area contributed by atoms with Gasteiger partial charge < -0.3 is 15.0 Å². The largest absolute Gasteiger partial charge is 0.497 e. The van der Waals surface area contributed by atoms with Crippen molar-refractivity contribution in [3.05, 3.63) is 100 Å². The standard InChI is InChI=1S/C29H33BrN2O3S/c1-3-17-31-29(34)27(18-22-7-5-4-6-8-22)32(19-23-9-13-25(30)14-10-23)28(33)21-36-20-24-11-15-26(35-2)16-12-24/h4-16,27H,3,17-21H2,1-2H3,(H,31,34)/t27-/m1/s1. The summed E-state index contributed by atoms with van der Waals surface area (Å²) in [4.78, 5) is 28.7. The molecule has 0 aliphatic heterocycles. The molecule has 3 aromatic rings. The summed E-state index contributed by atoms with van der Waals surface area (Å²) in [5, 5.41) is 3.02. The van der Waals surface area contributed by atoms with Crippen LogP contribution in [0.3, 0.4) is 0 Å². The monoisotopic (exact) mass is 568 g/mol. The van der Waals surface area contributed by atoms with Crippen LogP contribution in [0.4, 0.5) is 0 Å². The molecular weight excluding hydrogens is 536 g/mol. The number of hydrogen-bond acceptors (Lipinski definition) is 4. The van der Waals surface area contributed by atoms with Crippen LogP contribution in [0.5, 0.6) is 5.75 Å². The summed E-state index contributed by atoms with van der Waals surface area (Å²) in [5.41, 5.74) is 3.12. The minimum atomic E-state index is -0.600. The number of halogens is 1. The fraction of sp³-hybridized carbons (Fsp3) is 0.310. The van der Waals surface area contributed by atoms with Crippen molar-refractivity contribution >= 4 is 39.5 Å². The molecular formula is C29H33BrN2O3S. The third-order valence-electron chi connectivity index (χ3n) is 5.74. The first-order valence-electron chi connectivity index (χ1n) is 12.1. The van der Waals surface area contributed by atoms with E-state index < -0.39 is 6.04 Å². The lowest BCUT2D eigenvalue weighted by atomic mass is 10.0. The van der Waals surface area contributed by atoms with Crippen LogP contribution < -0.4 is 10.1 Å². The van der Waals surface area contributed by atoms with Gasteiger partial charge in [0.05, 0.1) is 12.9 Å². The molecule has 0 aromatic heterocycles. The molecule has 0 saturated heterocycles. The quantitative estimate of drug-likeness (QED) is 0.280. The highest BCUT2D eigenvalue weighted by atomic mass is 79.9. The van der Waals surface area contributed by atoms with Gasteiger partial charge in [0.15, 0.2) is 0 Å². The minimum Gasteiger partial charge on any atom is -0.497 e. The van der Waals surface area contributed by atoms with E-state index in [1.807, 2.05) is 85.8 Å². The lowest BCUT2D eigenvalue weighted by Crippen LogP contribution is -2.51. The van der Waals surface area contributed by atoms with Gasteiger partial charge in [-0.05, 0) is 47.4 Å². The Balaban J connectivity index is 1.80. The van der Waals surface area contributed by atoms with E-state index in [4.69, 9.17) is 4.74 Å². The molecule has 0 unspecified atom stereocenters. The topological polar surface area (TPSA) is 58.6 Å². The Hall–Kier alpha value is -2.77. The molecule has 5 nitrogen and oxygen atoms in total. The normalized spacial score (nSPS) is 11.5. The van der Waals surface area contributed by atoms with Gasteiger partial charge in [-0.2, -0.15) is 0 Å². The van der Waals surface area contributed by atoms with Gasteiger partial charge in [0.25, 0.3) is 0 Å². The average Bonchev–Trinajstić information content (AvgIpc) is 2.91. The zero-order valence-corrected chi connectivity index (χ0v) is 23.2. The van der Waals surface area contributed by atoms with Crippen LogP contribution in [-0.4, -0.2) is 42.2 Å². The van der Waals surface area contributed by atoms with Gasteiger partial charge in [-0.25, -0.2) is 0 Å². The van der Waals surface area contributed by atoms with Crippen molar-refractivity contribution < 1.29 is 14.3 Å². The van der Waals surface area contributed by atoms with Gasteiger partial charge in [-0.1, -0.05) is 77.5 Å². The molecule has 3 aromatic carbocycles. The van der Waals surface area contributed by atoms with E-state index in [-0.39, 0.29) is 17.6 Å². The first-order chi connectivity index (χ1) is 17.5. The number of methoxy groups -OCH3 is 1. The molecule has 190 valence electrons. The maximum absolute atomic E-state index is 13.6. The average molecular weight is 570 g/mol. The van der Waals surface area contributed by atoms with Gasteiger partial charge in [0.2, 0.25) is 11.8 Å². The van der Waals surface area contributed by atoms with Gasteiger partial charge in [-0.15, -0.1) is 11.8 Å². The Morgan fingerprint density at radius 3 is 2.25 bits per heavy atom. The van der Waals surface area contributed by atoms with Crippen LogP contribution in [0.25, 0.3) is 0 Å². The number of benzene rings is 3. The number of ether oxygens (including phenoxy) is 1. The van der Waals surface area contributed by atoms with Gasteiger partial charge in [0.1, 0.15) is 11.8 Å². The maximum atomic E-state index is 13.6. The van der Waals surface area contributed by atoms with Crippen molar-refractivity contribution in [1.29, 1.82) is 0 Å². The van der Waals surface area contributed by atoms with Crippen molar-refractivity contribution in [3.63, 3.8) is 0 Å². The lowest BCUT2D eigenvalue weighted by Gasteiger charge is -2.31. The van der Waals surface area contributed by atoms with E-state index in [0.717, 1.165) is 33.3 Å². The van der Waals surface area contributed by atoms with Crippen LogP contribution in [0.15, 0.2) is 83.3 Å². The Labute approximate surface area is 226 Å². The van der Waals surface area contributed by atoms with Gasteiger partial charge >= 0.3 is 0 Å². The van der Waals surface area contributed by atoms with Crippen LogP contribution in [0.2, 0.25) is 0 Å². The van der Waals surface area contributed by atoms with Crippen LogP contribution in [0, 0.1) is 0 Å². The summed E-state index contributed by atoms with van der Waals surface area (Å²) in [6.07, 6.45) is 1.30. The second-order valence-electron chi connectivity index (χ2n) is 8.49. The first kappa shape index (κ1) is 27.8. The molecule has 0 aliphatic carbocycles. The van der Waals surface area contributed by atoms with E-state index in [1.54, 1.807) is 23.8 Å². The fourth-order valence-electron chi connectivity index (χ4n) is 3.77. The molecule has 3 rings (SSSR count). The molecule has 0 saturated carbocycles. The van der Waals surface area contributed by atoms with Crippen molar-refractivity contribution in [1.82, 2.24) is 10.2 Å². The molecule has 7 heteroatoms.